The van der Waals surface area contributed by atoms with Gasteiger partial charge in [-0.25, -0.2) is 0 Å². The molecule has 0 saturated heterocycles. The van der Waals surface area contributed by atoms with Gasteiger partial charge in [-0.15, -0.1) is 0 Å². The molecule has 1 aromatic rings. The average Bonchev–Trinajstić information content (AvgIpc) is 2.97. The highest BCUT2D eigenvalue weighted by Crippen LogP contribution is 2.44. The van der Waals surface area contributed by atoms with E-state index < -0.39 is 35.1 Å². The molecule has 5 N–H and O–H groups in total. The minimum absolute atomic E-state index is 0.0429. The van der Waals surface area contributed by atoms with Gasteiger partial charge in [-0.1, -0.05) is 29.8 Å². The maximum absolute atomic E-state index is 13.3. The second-order valence-corrected chi connectivity index (χ2v) is 13.3. The van der Waals surface area contributed by atoms with Crippen LogP contribution in [0.2, 0.25) is 0 Å². The van der Waals surface area contributed by atoms with Crippen molar-refractivity contribution in [2.45, 2.75) is 95.6 Å². The quantitative estimate of drug-likeness (QED) is 0.101. The van der Waals surface area contributed by atoms with Crippen molar-refractivity contribution >= 4 is 51.0 Å². The molecular formula is C31H47BrN6O6. The molecule has 0 aromatic carbocycles. The molecule has 13 heteroatoms. The highest BCUT2D eigenvalue weighted by Gasteiger charge is 2.41. The van der Waals surface area contributed by atoms with Gasteiger partial charge in [0.15, 0.2) is 0 Å². The van der Waals surface area contributed by atoms with Crippen LogP contribution in [0.4, 0.5) is 5.69 Å². The van der Waals surface area contributed by atoms with Crippen LogP contribution in [0.1, 0.15) is 72.1 Å². The van der Waals surface area contributed by atoms with Gasteiger partial charge in [-0.2, -0.15) is 0 Å². The summed E-state index contributed by atoms with van der Waals surface area (Å²) in [6.45, 7) is 7.09. The van der Waals surface area contributed by atoms with E-state index in [0.717, 1.165) is 32.2 Å². The van der Waals surface area contributed by atoms with Gasteiger partial charge >= 0.3 is 0 Å². The zero-order valence-corrected chi connectivity index (χ0v) is 27.5. The number of ketones is 1. The van der Waals surface area contributed by atoms with Gasteiger partial charge < -0.3 is 31.2 Å². The van der Waals surface area contributed by atoms with Crippen molar-refractivity contribution in [3.05, 3.63) is 28.7 Å². The van der Waals surface area contributed by atoms with Crippen molar-refractivity contribution in [3.8, 4) is 0 Å². The van der Waals surface area contributed by atoms with Crippen LogP contribution in [0, 0.1) is 17.8 Å². The molecule has 1 aromatic heterocycles. The fourth-order valence-electron chi connectivity index (χ4n) is 6.34. The number of pyridine rings is 1. The average molecular weight is 680 g/mol. The zero-order valence-electron chi connectivity index (χ0n) is 26.0. The van der Waals surface area contributed by atoms with Crippen LogP contribution in [0.25, 0.3) is 0 Å². The molecule has 244 valence electrons. The first-order valence-corrected chi connectivity index (χ1v) is 16.7. The van der Waals surface area contributed by atoms with E-state index in [1.54, 1.807) is 13.0 Å². The predicted octanol–water partition coefficient (Wildman–Crippen LogP) is 1.85. The molecule has 12 nitrogen and oxygen atoms in total. The first-order chi connectivity index (χ1) is 21.0. The van der Waals surface area contributed by atoms with Gasteiger partial charge in [0, 0.05) is 43.0 Å². The molecule has 44 heavy (non-hydrogen) atoms. The third-order valence-electron chi connectivity index (χ3n) is 8.39. The smallest absolute Gasteiger partial charge is 0.287 e. The summed E-state index contributed by atoms with van der Waals surface area (Å²) in [4.78, 5) is 76.7. The van der Waals surface area contributed by atoms with Crippen LogP contribution in [0.15, 0.2) is 23.1 Å². The summed E-state index contributed by atoms with van der Waals surface area (Å²) in [6, 6.07) is 1.86. The number of halogens is 1. The molecule has 0 radical (unpaired) electrons. The minimum Gasteiger partial charge on any atom is -0.351 e. The lowest BCUT2D eigenvalue weighted by Gasteiger charge is -2.46. The largest absolute Gasteiger partial charge is 0.351 e. The standard InChI is InChI=1S/C31H47BrN6O6/c1-4-11-33-12-10-26(40)35-23(8-9-25(39)30(43)34-5-2)29(42)36-24-7-6-13-38(31(24)44)18-27(41)37-28-19(3)14-20-15-21(28)17-22(32)16-20/h6-7,13,19-23,28,33H,4-5,8-12,14-18H2,1-3H3,(H,34,43)(H,35,40)(H,36,42)(H,37,41). The van der Waals surface area contributed by atoms with Crippen LogP contribution < -0.4 is 32.1 Å². The van der Waals surface area contributed by atoms with Gasteiger partial charge in [-0.3, -0.25) is 28.8 Å². The van der Waals surface area contributed by atoms with Gasteiger partial charge in [0.25, 0.3) is 11.5 Å². The molecule has 0 spiro atoms. The number of nitrogens with one attached hydrogen (secondary N) is 5. The maximum Gasteiger partial charge on any atom is 0.287 e. The number of Topliss-reactive ketones (excluding diaryl/α,β-unsaturated/α-hetero) is 1. The Hall–Kier alpha value is -3.06. The van der Waals surface area contributed by atoms with E-state index >= 15 is 0 Å². The van der Waals surface area contributed by atoms with E-state index in [4.69, 9.17) is 0 Å². The zero-order chi connectivity index (χ0) is 32.2. The molecule has 1 heterocycles. The molecule has 2 aliphatic rings. The van der Waals surface area contributed by atoms with Crippen molar-refractivity contribution in [2.75, 3.05) is 25.0 Å². The number of carbonyl (C=O) groups is 5. The summed E-state index contributed by atoms with van der Waals surface area (Å²) in [5, 5.41) is 13.9. The Balaban J connectivity index is 1.65. The lowest BCUT2D eigenvalue weighted by atomic mass is 9.65. The minimum atomic E-state index is -1.16. The van der Waals surface area contributed by atoms with Crippen molar-refractivity contribution in [3.63, 3.8) is 0 Å². The molecule has 2 bridgehead atoms. The van der Waals surface area contributed by atoms with Gasteiger partial charge in [-0.05, 0) is 81.9 Å². The van der Waals surface area contributed by atoms with Gasteiger partial charge in [0.05, 0.1) is 0 Å². The summed E-state index contributed by atoms with van der Waals surface area (Å²) in [5.74, 6) is -1.44. The Morgan fingerprint density at radius 3 is 2.52 bits per heavy atom. The van der Waals surface area contributed by atoms with Crippen molar-refractivity contribution in [1.29, 1.82) is 0 Å². The normalized spacial score (nSPS) is 23.2. The van der Waals surface area contributed by atoms with Crippen LogP contribution in [-0.4, -0.2) is 70.5 Å². The summed E-state index contributed by atoms with van der Waals surface area (Å²) < 4.78 is 1.24. The van der Waals surface area contributed by atoms with Crippen molar-refractivity contribution in [1.82, 2.24) is 25.8 Å². The fraction of sp³-hybridized carbons (Fsp3) is 0.677. The van der Waals surface area contributed by atoms with Crippen molar-refractivity contribution < 1.29 is 24.0 Å². The third kappa shape index (κ3) is 10.5. The highest BCUT2D eigenvalue weighted by molar-refractivity contribution is 9.09. The number of fused-ring (bicyclic) bond motifs is 2. The van der Waals surface area contributed by atoms with E-state index in [0.29, 0.717) is 29.1 Å². The fourth-order valence-corrected chi connectivity index (χ4v) is 7.35. The molecule has 6 atom stereocenters. The number of carbonyl (C=O) groups excluding carboxylic acids is 5. The number of anilines is 1. The Bertz CT molecular complexity index is 1230. The van der Waals surface area contributed by atoms with Gasteiger partial charge in [0.1, 0.15) is 18.3 Å². The lowest BCUT2D eigenvalue weighted by molar-refractivity contribution is -0.138. The second kappa shape index (κ2) is 17.4. The number of aromatic nitrogens is 1. The number of hydrogen-bond acceptors (Lipinski definition) is 7. The lowest BCUT2D eigenvalue weighted by Crippen LogP contribution is -2.52. The number of rotatable bonds is 16. The Kier molecular flexibility index (Phi) is 14.0. The third-order valence-corrected chi connectivity index (χ3v) is 9.13. The van der Waals surface area contributed by atoms with Crippen LogP contribution in [0.5, 0.6) is 0 Å². The molecule has 2 saturated carbocycles. The Morgan fingerprint density at radius 2 is 1.80 bits per heavy atom. The van der Waals surface area contributed by atoms with Crippen LogP contribution in [0.3, 0.4) is 0 Å². The molecule has 2 aliphatic carbocycles. The topological polar surface area (TPSA) is 168 Å². The van der Waals surface area contributed by atoms with Crippen LogP contribution >= 0.6 is 15.9 Å². The number of hydrogen-bond donors (Lipinski definition) is 5. The first-order valence-electron chi connectivity index (χ1n) is 15.8. The van der Waals surface area contributed by atoms with E-state index in [2.05, 4.69) is 49.4 Å². The number of alkyl halides is 1. The SMILES string of the molecule is CCCNCCC(=O)NC(CCC(=O)C(=O)NCC)C(=O)Nc1cccn(CC(=O)NC2C(C)CC3CC(Br)CC2C3)c1=O. The summed E-state index contributed by atoms with van der Waals surface area (Å²) >= 11 is 3.76. The van der Waals surface area contributed by atoms with Crippen LogP contribution in [-0.2, 0) is 30.5 Å². The summed E-state index contributed by atoms with van der Waals surface area (Å²) in [5.41, 5.74) is -0.634. The molecule has 6 unspecified atom stereocenters. The van der Waals surface area contributed by atoms with E-state index in [-0.39, 0.29) is 50.0 Å². The summed E-state index contributed by atoms with van der Waals surface area (Å²) in [6.07, 6.45) is 6.44. The Morgan fingerprint density at radius 1 is 1.02 bits per heavy atom. The number of nitrogens with zero attached hydrogens (tertiary/aromatic N) is 1. The number of likely N-dealkylation sites (N-methyl/N-ethyl adjacent to an activating group) is 1. The van der Waals surface area contributed by atoms with E-state index in [1.165, 1.54) is 23.3 Å². The molecule has 2 fully saturated rings. The molecule has 4 amide bonds. The monoisotopic (exact) mass is 678 g/mol. The predicted molar refractivity (Wildman–Crippen MR) is 171 cm³/mol. The Labute approximate surface area is 267 Å². The highest BCUT2D eigenvalue weighted by atomic mass is 79.9. The maximum atomic E-state index is 13.3. The van der Waals surface area contributed by atoms with E-state index in [1.807, 2.05) is 6.92 Å². The van der Waals surface area contributed by atoms with Gasteiger partial charge in [0.2, 0.25) is 23.5 Å². The summed E-state index contributed by atoms with van der Waals surface area (Å²) in [7, 11) is 0. The first kappa shape index (κ1) is 35.4. The number of amides is 4. The molecule has 0 aliphatic heterocycles. The molecular weight excluding hydrogens is 632 g/mol. The van der Waals surface area contributed by atoms with Crippen molar-refractivity contribution in [2.24, 2.45) is 17.8 Å². The molecule has 3 rings (SSSR count). The van der Waals surface area contributed by atoms with E-state index in [9.17, 15) is 28.8 Å². The second-order valence-electron chi connectivity index (χ2n) is 12.0.